The molecule has 0 heterocycles. The Morgan fingerprint density at radius 1 is 0.833 bits per heavy atom. The van der Waals surface area contributed by atoms with Crippen molar-refractivity contribution in [3.05, 3.63) is 24.3 Å². The molecule has 0 spiro atoms. The van der Waals surface area contributed by atoms with E-state index < -0.39 is 0 Å². The van der Waals surface area contributed by atoms with Crippen LogP contribution in [0.2, 0.25) is 0 Å². The Labute approximate surface area is 110 Å². The van der Waals surface area contributed by atoms with Crippen LogP contribution in [0.25, 0.3) is 0 Å². The molecule has 0 aliphatic heterocycles. The van der Waals surface area contributed by atoms with E-state index in [-0.39, 0.29) is 0 Å². The molecule has 18 heavy (non-hydrogen) atoms. The number of nitrogen functional groups attached to an aromatic ring is 1. The van der Waals surface area contributed by atoms with Gasteiger partial charge in [0.25, 0.3) is 0 Å². The third kappa shape index (κ3) is 7.17. The van der Waals surface area contributed by atoms with Crippen molar-refractivity contribution in [2.75, 3.05) is 18.9 Å². The molecule has 0 bridgehead atoms. The van der Waals surface area contributed by atoms with Gasteiger partial charge in [-0.25, -0.2) is 0 Å². The van der Waals surface area contributed by atoms with Gasteiger partial charge in [-0.05, 0) is 37.1 Å². The molecule has 0 aliphatic rings. The molecule has 102 valence electrons. The first-order valence-corrected chi connectivity index (χ1v) is 6.92. The van der Waals surface area contributed by atoms with Crippen molar-refractivity contribution < 1.29 is 9.84 Å². The standard InChI is InChI=1S/C15H25NO2/c16-14-8-10-15(11-9-14)18-13-7-5-3-1-2-4-6-12-17/h8-11,17H,1-7,12-13,16H2. The molecule has 3 N–H and O–H groups in total. The van der Waals surface area contributed by atoms with Crippen molar-refractivity contribution in [1.82, 2.24) is 0 Å². The lowest BCUT2D eigenvalue weighted by atomic mass is 10.1. The molecule has 0 radical (unpaired) electrons. The Hall–Kier alpha value is -1.22. The van der Waals surface area contributed by atoms with Crippen molar-refractivity contribution in [2.24, 2.45) is 0 Å². The number of unbranched alkanes of at least 4 members (excludes halogenated alkanes) is 6. The van der Waals surface area contributed by atoms with Gasteiger partial charge in [-0.1, -0.05) is 32.1 Å². The van der Waals surface area contributed by atoms with Gasteiger partial charge in [0.15, 0.2) is 0 Å². The van der Waals surface area contributed by atoms with Gasteiger partial charge in [0.1, 0.15) is 5.75 Å². The maximum atomic E-state index is 8.64. The first kappa shape index (κ1) is 14.8. The summed E-state index contributed by atoms with van der Waals surface area (Å²) in [5, 5.41) is 8.64. The van der Waals surface area contributed by atoms with Crippen LogP contribution >= 0.6 is 0 Å². The minimum absolute atomic E-state index is 0.329. The highest BCUT2D eigenvalue weighted by molar-refractivity contribution is 5.41. The number of ether oxygens (including phenoxy) is 1. The van der Waals surface area contributed by atoms with E-state index in [0.29, 0.717) is 6.61 Å². The normalized spacial score (nSPS) is 10.5. The minimum Gasteiger partial charge on any atom is -0.494 e. The molecular weight excluding hydrogens is 226 g/mol. The predicted octanol–water partition coefficient (Wildman–Crippen LogP) is 3.37. The van der Waals surface area contributed by atoms with Gasteiger partial charge in [0.2, 0.25) is 0 Å². The summed E-state index contributed by atoms with van der Waals surface area (Å²) < 4.78 is 5.62. The number of aliphatic hydroxyl groups excluding tert-OH is 1. The van der Waals surface area contributed by atoms with Gasteiger partial charge in [-0.2, -0.15) is 0 Å². The molecule has 1 rings (SSSR count). The van der Waals surface area contributed by atoms with Crippen LogP contribution in [-0.4, -0.2) is 18.3 Å². The van der Waals surface area contributed by atoms with E-state index in [1.807, 2.05) is 24.3 Å². The molecule has 1 aromatic rings. The van der Waals surface area contributed by atoms with Gasteiger partial charge in [-0.15, -0.1) is 0 Å². The molecule has 3 heteroatoms. The summed E-state index contributed by atoms with van der Waals surface area (Å²) in [6.45, 7) is 1.11. The zero-order valence-corrected chi connectivity index (χ0v) is 11.1. The van der Waals surface area contributed by atoms with E-state index >= 15 is 0 Å². The highest BCUT2D eigenvalue weighted by Crippen LogP contribution is 2.14. The molecule has 0 saturated carbocycles. The van der Waals surface area contributed by atoms with E-state index in [1.54, 1.807) is 0 Å². The molecule has 0 fully saturated rings. The van der Waals surface area contributed by atoms with Crippen LogP contribution in [-0.2, 0) is 0 Å². The second-order valence-electron chi connectivity index (χ2n) is 4.62. The highest BCUT2D eigenvalue weighted by atomic mass is 16.5. The van der Waals surface area contributed by atoms with Crippen LogP contribution in [0.3, 0.4) is 0 Å². The molecule has 0 aromatic heterocycles. The average Bonchev–Trinajstić information content (AvgIpc) is 2.39. The third-order valence-corrected chi connectivity index (χ3v) is 2.95. The number of rotatable bonds is 10. The first-order valence-electron chi connectivity index (χ1n) is 6.92. The smallest absolute Gasteiger partial charge is 0.119 e. The van der Waals surface area contributed by atoms with Gasteiger partial charge in [0, 0.05) is 12.3 Å². The summed E-state index contributed by atoms with van der Waals surface area (Å²) in [6.07, 6.45) is 8.18. The zero-order chi connectivity index (χ0) is 13.1. The summed E-state index contributed by atoms with van der Waals surface area (Å²) in [5.41, 5.74) is 6.37. The lowest BCUT2D eigenvalue weighted by Gasteiger charge is -2.06. The van der Waals surface area contributed by atoms with Crippen molar-refractivity contribution >= 4 is 5.69 Å². The van der Waals surface area contributed by atoms with E-state index in [4.69, 9.17) is 15.6 Å². The molecular formula is C15H25NO2. The first-order chi connectivity index (χ1) is 8.83. The maximum absolute atomic E-state index is 8.64. The van der Waals surface area contributed by atoms with Crippen LogP contribution in [0.15, 0.2) is 24.3 Å². The second kappa shape index (κ2) is 9.77. The third-order valence-electron chi connectivity index (χ3n) is 2.95. The summed E-state index contributed by atoms with van der Waals surface area (Å²) in [6, 6.07) is 7.53. The van der Waals surface area contributed by atoms with Crippen LogP contribution in [0.1, 0.15) is 44.9 Å². The van der Waals surface area contributed by atoms with E-state index in [2.05, 4.69) is 0 Å². The van der Waals surface area contributed by atoms with Crippen LogP contribution < -0.4 is 10.5 Å². The number of hydrogen-bond acceptors (Lipinski definition) is 3. The van der Waals surface area contributed by atoms with Crippen LogP contribution in [0, 0.1) is 0 Å². The largest absolute Gasteiger partial charge is 0.494 e. The van der Waals surface area contributed by atoms with Crippen molar-refractivity contribution in [1.29, 1.82) is 0 Å². The molecule has 0 atom stereocenters. The number of benzene rings is 1. The number of nitrogens with two attached hydrogens (primary N) is 1. The van der Waals surface area contributed by atoms with E-state index in [0.717, 1.165) is 37.3 Å². The Morgan fingerprint density at radius 3 is 2.00 bits per heavy atom. The number of anilines is 1. The van der Waals surface area contributed by atoms with Crippen LogP contribution in [0.4, 0.5) is 5.69 Å². The Morgan fingerprint density at radius 2 is 1.39 bits per heavy atom. The van der Waals surface area contributed by atoms with E-state index in [9.17, 15) is 0 Å². The number of aliphatic hydroxyl groups is 1. The van der Waals surface area contributed by atoms with Gasteiger partial charge in [0.05, 0.1) is 6.61 Å². The summed E-state index contributed by atoms with van der Waals surface area (Å²) in [5.74, 6) is 0.896. The minimum atomic E-state index is 0.329. The Balaban J connectivity index is 1.91. The summed E-state index contributed by atoms with van der Waals surface area (Å²) in [7, 11) is 0. The predicted molar refractivity (Wildman–Crippen MR) is 75.8 cm³/mol. The molecule has 3 nitrogen and oxygen atoms in total. The zero-order valence-electron chi connectivity index (χ0n) is 11.1. The van der Waals surface area contributed by atoms with Gasteiger partial charge in [-0.3, -0.25) is 0 Å². The Bertz CT molecular complexity index is 298. The van der Waals surface area contributed by atoms with Crippen LogP contribution in [0.5, 0.6) is 5.75 Å². The lowest BCUT2D eigenvalue weighted by Crippen LogP contribution is -1.97. The second-order valence-corrected chi connectivity index (χ2v) is 4.62. The van der Waals surface area contributed by atoms with Crippen molar-refractivity contribution in [2.45, 2.75) is 44.9 Å². The Kier molecular flexibility index (Phi) is 8.06. The number of hydrogen-bond donors (Lipinski definition) is 2. The van der Waals surface area contributed by atoms with Crippen molar-refractivity contribution in [3.8, 4) is 5.75 Å². The molecule has 0 unspecified atom stereocenters. The summed E-state index contributed by atoms with van der Waals surface area (Å²) in [4.78, 5) is 0. The fraction of sp³-hybridized carbons (Fsp3) is 0.600. The highest BCUT2D eigenvalue weighted by Gasteiger charge is 1.94. The van der Waals surface area contributed by atoms with Gasteiger partial charge < -0.3 is 15.6 Å². The molecule has 0 saturated heterocycles. The molecule has 0 aliphatic carbocycles. The SMILES string of the molecule is Nc1ccc(OCCCCCCCCCO)cc1. The molecule has 1 aromatic carbocycles. The molecule has 0 amide bonds. The monoisotopic (exact) mass is 251 g/mol. The van der Waals surface area contributed by atoms with Crippen molar-refractivity contribution in [3.63, 3.8) is 0 Å². The van der Waals surface area contributed by atoms with Gasteiger partial charge >= 0.3 is 0 Å². The fourth-order valence-corrected chi connectivity index (χ4v) is 1.85. The maximum Gasteiger partial charge on any atom is 0.119 e. The topological polar surface area (TPSA) is 55.5 Å². The average molecular weight is 251 g/mol. The fourth-order valence-electron chi connectivity index (χ4n) is 1.85. The quantitative estimate of drug-likeness (QED) is 0.495. The summed E-state index contributed by atoms with van der Waals surface area (Å²) >= 11 is 0. The van der Waals surface area contributed by atoms with E-state index in [1.165, 1.54) is 25.7 Å². The lowest BCUT2D eigenvalue weighted by molar-refractivity contribution is 0.281.